The third-order valence-corrected chi connectivity index (χ3v) is 11.1. The quantitative estimate of drug-likeness (QED) is 0.180. The molecule has 1 aliphatic carbocycles. The van der Waals surface area contributed by atoms with Gasteiger partial charge in [0.25, 0.3) is 27.2 Å². The van der Waals surface area contributed by atoms with Crippen LogP contribution in [0.2, 0.25) is 0 Å². The summed E-state index contributed by atoms with van der Waals surface area (Å²) in [7, 11) is -2.55. The zero-order valence-corrected chi connectivity index (χ0v) is 28.7. The van der Waals surface area contributed by atoms with Crippen molar-refractivity contribution in [1.29, 1.82) is 0 Å². The first-order valence-electron chi connectivity index (χ1n) is 15.3. The highest BCUT2D eigenvalue weighted by Gasteiger charge is 2.49. The number of hydrogen-bond acceptors (Lipinski definition) is 8. The highest BCUT2D eigenvalue weighted by Crippen LogP contribution is 2.35. The molecule has 2 aromatic heterocycles. The van der Waals surface area contributed by atoms with Crippen molar-refractivity contribution in [2.45, 2.75) is 56.6 Å². The van der Waals surface area contributed by atoms with Gasteiger partial charge in [0.1, 0.15) is 24.6 Å². The number of carbonyl (C=O) groups is 2. The Morgan fingerprint density at radius 3 is 2.52 bits per heavy atom. The molecule has 246 valence electrons. The second kappa shape index (κ2) is 12.4. The second-order valence-electron chi connectivity index (χ2n) is 12.0. The average Bonchev–Trinajstić information content (AvgIpc) is 3.64. The Hall–Kier alpha value is -4.73. The van der Waals surface area contributed by atoms with Crippen LogP contribution in [0.15, 0.2) is 80.5 Å². The number of nitrogens with zero attached hydrogens (tertiary/aromatic N) is 6. The minimum Gasteiger partial charge on any atom is -0.486 e. The summed E-state index contributed by atoms with van der Waals surface area (Å²) in [4.78, 5) is 35.0. The van der Waals surface area contributed by atoms with Crippen LogP contribution in [0, 0.1) is 13.8 Å². The van der Waals surface area contributed by atoms with Crippen molar-refractivity contribution in [2.24, 2.45) is 11.4 Å². The highest BCUT2D eigenvalue weighted by molar-refractivity contribution is 7.90. The van der Waals surface area contributed by atoms with E-state index in [0.29, 0.717) is 5.69 Å². The van der Waals surface area contributed by atoms with Crippen LogP contribution in [0.3, 0.4) is 0 Å². The van der Waals surface area contributed by atoms with Gasteiger partial charge in [-0.2, -0.15) is 8.42 Å². The van der Waals surface area contributed by atoms with E-state index in [9.17, 15) is 18.0 Å². The summed E-state index contributed by atoms with van der Waals surface area (Å²) in [5, 5.41) is 7.93. The van der Waals surface area contributed by atoms with Gasteiger partial charge in [0.15, 0.2) is 5.11 Å². The van der Waals surface area contributed by atoms with Crippen LogP contribution in [0.5, 0.6) is 0 Å². The summed E-state index contributed by atoms with van der Waals surface area (Å²) in [5.41, 5.74) is 4.58. The molecule has 7 rings (SSSR count). The topological polar surface area (TPSA) is 143 Å². The number of nitrogens with one attached hydrogen (secondary N) is 1. The van der Waals surface area contributed by atoms with Crippen LogP contribution in [0.4, 0.5) is 5.69 Å². The number of anilines is 1. The molecule has 1 saturated heterocycles. The van der Waals surface area contributed by atoms with Crippen molar-refractivity contribution in [2.75, 3.05) is 5.32 Å². The smallest absolute Gasteiger partial charge is 0.289 e. The molecule has 1 atom stereocenters. The normalized spacial score (nSPS) is 17.1. The number of sulfonamides is 1. The number of amides is 2. The van der Waals surface area contributed by atoms with Gasteiger partial charge >= 0.3 is 0 Å². The first-order chi connectivity index (χ1) is 23.0. The molecule has 48 heavy (non-hydrogen) atoms. The van der Waals surface area contributed by atoms with Gasteiger partial charge in [-0.1, -0.05) is 23.8 Å². The van der Waals surface area contributed by atoms with E-state index in [1.54, 1.807) is 52.4 Å². The molecule has 2 fully saturated rings. The van der Waals surface area contributed by atoms with E-state index in [-0.39, 0.29) is 52.1 Å². The molecule has 3 aromatic carbocycles. The lowest BCUT2D eigenvalue weighted by Crippen LogP contribution is -2.45. The summed E-state index contributed by atoms with van der Waals surface area (Å²) in [5.74, 6) is -0.646. The average molecular weight is 702 g/mol. The number of carbonyl (C=O) groups excluding carboxylic acids is 2. The van der Waals surface area contributed by atoms with Crippen molar-refractivity contribution >= 4 is 66.4 Å². The minimum atomic E-state index is -4.13. The lowest BCUT2D eigenvalue weighted by molar-refractivity contribution is -0.752. The number of thiazole rings is 1. The molecular weight excluding hydrogens is 671 g/mol. The van der Waals surface area contributed by atoms with Gasteiger partial charge in [0.05, 0.1) is 21.5 Å². The van der Waals surface area contributed by atoms with E-state index in [1.165, 1.54) is 22.4 Å². The largest absolute Gasteiger partial charge is 0.486 e. The third-order valence-electron chi connectivity index (χ3n) is 8.33. The Morgan fingerprint density at radius 2 is 1.81 bits per heavy atom. The number of rotatable bonds is 9. The number of aryl methyl sites for hydroxylation is 3. The van der Waals surface area contributed by atoms with Gasteiger partial charge in [0.2, 0.25) is 5.91 Å². The molecule has 2 amide bonds. The molecule has 15 heteroatoms. The van der Waals surface area contributed by atoms with E-state index in [4.69, 9.17) is 21.7 Å². The van der Waals surface area contributed by atoms with Crippen LogP contribution in [-0.4, -0.2) is 52.2 Å². The molecule has 1 unspecified atom stereocenters. The molecule has 1 N–H and O–H groups in total. The summed E-state index contributed by atoms with van der Waals surface area (Å²) in [6.45, 7) is 3.85. The Bertz CT molecular complexity index is 2250. The Labute approximate surface area is 285 Å². The van der Waals surface area contributed by atoms with E-state index in [1.807, 2.05) is 38.1 Å². The molecule has 2 aliphatic rings. The molecular formula is C33H31N7O5S3. The first kappa shape index (κ1) is 31.8. The zero-order chi connectivity index (χ0) is 33.7. The second-order valence-corrected chi connectivity index (χ2v) is 15.0. The lowest BCUT2D eigenvalue weighted by Gasteiger charge is -2.22. The number of aromatic nitrogens is 3. The van der Waals surface area contributed by atoms with Crippen molar-refractivity contribution in [3.05, 3.63) is 89.1 Å². The summed E-state index contributed by atoms with van der Waals surface area (Å²) in [6, 6.07) is 18.9. The number of hydrogen-bond donors (Lipinski definition) is 1. The monoisotopic (exact) mass is 701 g/mol. The van der Waals surface area contributed by atoms with E-state index in [2.05, 4.69) is 21.1 Å². The van der Waals surface area contributed by atoms with E-state index >= 15 is 0 Å². The first-order valence-corrected chi connectivity index (χ1v) is 17.9. The van der Waals surface area contributed by atoms with Gasteiger partial charge in [0, 0.05) is 17.3 Å². The molecule has 0 spiro atoms. The Kier molecular flexibility index (Phi) is 8.21. The number of thiocarbonyl (C=S) groups is 1. The zero-order valence-electron chi connectivity index (χ0n) is 26.3. The van der Waals surface area contributed by atoms with Crippen LogP contribution in [0.1, 0.15) is 36.1 Å². The molecule has 1 aliphatic heterocycles. The molecule has 3 heterocycles. The van der Waals surface area contributed by atoms with Crippen molar-refractivity contribution in [1.82, 2.24) is 20.1 Å². The van der Waals surface area contributed by atoms with Crippen molar-refractivity contribution in [3.8, 4) is 10.6 Å². The highest BCUT2D eigenvalue weighted by atomic mass is 32.2. The van der Waals surface area contributed by atoms with Crippen molar-refractivity contribution < 1.29 is 27.2 Å². The van der Waals surface area contributed by atoms with Crippen LogP contribution < -0.4 is 20.8 Å². The standard InChI is InChI=1S/C33H31N7O5S3/c1-19-4-13-24(14-5-19)48(43,44)36-30-27(38(3)37-45-30)18-39-26(32(42)40(33(39)46)23-11-12-23)17-29(41)34-22-9-7-21(8-10-22)31-35-25-15-6-20(2)16-28(25)47-31/h4-10,13-16,23,26H,11-12,17-18H2,1-3H3,(H,34,41)/b36-30-. The van der Waals surface area contributed by atoms with Crippen LogP contribution >= 0.6 is 23.6 Å². The molecule has 12 nitrogen and oxygen atoms in total. The van der Waals surface area contributed by atoms with Gasteiger partial charge < -0.3 is 14.7 Å². The summed E-state index contributed by atoms with van der Waals surface area (Å²) < 4.78 is 37.9. The maximum absolute atomic E-state index is 13.7. The Balaban J connectivity index is 1.11. The lowest BCUT2D eigenvalue weighted by atomic mass is 10.1. The minimum absolute atomic E-state index is 0.00243. The predicted octanol–water partition coefficient (Wildman–Crippen LogP) is 3.73. The molecule has 0 bridgehead atoms. The van der Waals surface area contributed by atoms with Gasteiger partial charge in [-0.3, -0.25) is 19.8 Å². The van der Waals surface area contributed by atoms with Crippen LogP contribution in [-0.2, 0) is 33.2 Å². The predicted molar refractivity (Wildman–Crippen MR) is 182 cm³/mol. The fourth-order valence-electron chi connectivity index (χ4n) is 5.56. The fourth-order valence-corrected chi connectivity index (χ4v) is 8.00. The third kappa shape index (κ3) is 6.28. The molecule has 0 radical (unpaired) electrons. The van der Waals surface area contributed by atoms with Gasteiger partial charge in [-0.15, -0.1) is 15.7 Å². The van der Waals surface area contributed by atoms with E-state index < -0.39 is 16.1 Å². The Morgan fingerprint density at radius 1 is 1.10 bits per heavy atom. The van der Waals surface area contributed by atoms with E-state index in [0.717, 1.165) is 39.2 Å². The van der Waals surface area contributed by atoms with Crippen LogP contribution in [0.25, 0.3) is 20.8 Å². The van der Waals surface area contributed by atoms with Gasteiger partial charge in [-0.25, -0.2) is 9.67 Å². The SMILES string of the molecule is Cc1ccc(S(=O)(=O)/N=c2\o[n-][n+](C)c2CN2C(=S)N(C3CC3)C(=O)C2CC(=O)Nc2ccc(-c3nc4ccc(C)cc4s3)cc2)cc1. The number of benzene rings is 3. The fraction of sp³-hybridized carbons (Fsp3) is 0.273. The maximum atomic E-state index is 13.7. The summed E-state index contributed by atoms with van der Waals surface area (Å²) >= 11 is 7.36. The van der Waals surface area contributed by atoms with Gasteiger partial charge in [-0.05, 0) is 93.0 Å². The van der Waals surface area contributed by atoms with Crippen molar-refractivity contribution in [3.63, 3.8) is 0 Å². The molecule has 5 aromatic rings. The summed E-state index contributed by atoms with van der Waals surface area (Å²) in [6.07, 6.45) is 1.45. The number of fused-ring (bicyclic) bond motifs is 1. The molecule has 1 saturated carbocycles. The maximum Gasteiger partial charge on any atom is 0.289 e.